The van der Waals surface area contributed by atoms with E-state index in [0.717, 1.165) is 18.6 Å². The Balaban J connectivity index is 1.95. The second kappa shape index (κ2) is 12.7. The number of carbonyl (C=O) groups excluding carboxylic acids is 3. The molecule has 1 atom stereocenters. The minimum Gasteiger partial charge on any atom is -0.350 e. The number of hydrogen-bond acceptors (Lipinski definition) is 4. The molecule has 202 valence electrons. The molecule has 0 heterocycles. The van der Waals surface area contributed by atoms with Crippen molar-refractivity contribution < 1.29 is 27.6 Å². The molecule has 0 spiro atoms. The van der Waals surface area contributed by atoms with Crippen LogP contribution in [0, 0.1) is 13.8 Å². The summed E-state index contributed by atoms with van der Waals surface area (Å²) in [6.07, 6.45) is -3.85. The van der Waals surface area contributed by atoms with E-state index in [2.05, 4.69) is 33.4 Å². The van der Waals surface area contributed by atoms with E-state index in [1.807, 2.05) is 40.7 Å². The van der Waals surface area contributed by atoms with E-state index in [1.54, 1.807) is 0 Å². The number of carbonyl (C=O) groups is 3. The lowest BCUT2D eigenvalue weighted by molar-refractivity contribution is -0.137. The predicted octanol–water partition coefficient (Wildman–Crippen LogP) is 3.28. The Labute approximate surface area is 215 Å². The van der Waals surface area contributed by atoms with Gasteiger partial charge in [-0.3, -0.25) is 14.4 Å². The molecule has 0 aromatic heterocycles. The van der Waals surface area contributed by atoms with Crippen LogP contribution in [0.1, 0.15) is 53.4 Å². The third-order valence-electron chi connectivity index (χ3n) is 5.43. The highest BCUT2D eigenvalue weighted by Crippen LogP contribution is 2.29. The van der Waals surface area contributed by atoms with Crippen molar-refractivity contribution in [3.05, 3.63) is 70.3 Å². The first-order chi connectivity index (χ1) is 17.2. The van der Waals surface area contributed by atoms with Gasteiger partial charge in [0.15, 0.2) is 0 Å². The summed E-state index contributed by atoms with van der Waals surface area (Å²) >= 11 is 0. The highest BCUT2D eigenvalue weighted by Gasteiger charge is 2.31. The van der Waals surface area contributed by atoms with Crippen LogP contribution in [0.3, 0.4) is 0 Å². The number of aryl methyl sites for hydroxylation is 2. The van der Waals surface area contributed by atoms with Crippen LogP contribution in [0.25, 0.3) is 0 Å². The summed E-state index contributed by atoms with van der Waals surface area (Å²) in [6.45, 7) is 9.72. The van der Waals surface area contributed by atoms with Gasteiger partial charge in [0.05, 0.1) is 12.1 Å². The summed E-state index contributed by atoms with van der Waals surface area (Å²) in [4.78, 5) is 37.6. The van der Waals surface area contributed by atoms with E-state index in [9.17, 15) is 27.6 Å². The van der Waals surface area contributed by atoms with Crippen LogP contribution in [0.15, 0.2) is 42.5 Å². The quantitative estimate of drug-likeness (QED) is 0.362. The Hall–Kier alpha value is -3.40. The fourth-order valence-corrected chi connectivity index (χ4v) is 3.61. The Bertz CT molecular complexity index is 1110. The van der Waals surface area contributed by atoms with Gasteiger partial charge < -0.3 is 21.3 Å². The first kappa shape index (κ1) is 29.8. The van der Waals surface area contributed by atoms with E-state index < -0.39 is 47.6 Å². The van der Waals surface area contributed by atoms with Gasteiger partial charge in [0.2, 0.25) is 11.8 Å². The summed E-state index contributed by atoms with van der Waals surface area (Å²) in [5, 5.41) is 10.9. The number of rotatable bonds is 10. The van der Waals surface area contributed by atoms with E-state index >= 15 is 0 Å². The lowest BCUT2D eigenvalue weighted by Crippen LogP contribution is -2.57. The molecular weight excluding hydrogens is 485 g/mol. The first-order valence-electron chi connectivity index (χ1n) is 12.0. The molecule has 4 N–H and O–H groups in total. The molecule has 0 unspecified atom stereocenters. The average molecular weight is 521 g/mol. The van der Waals surface area contributed by atoms with Crippen molar-refractivity contribution in [3.8, 4) is 0 Å². The standard InChI is InChI=1S/C27H35F3N4O3/c1-17-9-10-19(18(2)13-17)11-12-31-15-22(25(37)34-26(3,4)5)33-23(35)16-32-24(36)20-7-6-8-21(14-20)27(28,29)30/h6-10,13-14,22,31H,11-12,15-16H2,1-5H3,(H,32,36)(H,33,35)(H,34,37)/t22-/m1/s1. The highest BCUT2D eigenvalue weighted by molar-refractivity contribution is 5.97. The lowest BCUT2D eigenvalue weighted by Gasteiger charge is -2.26. The van der Waals surface area contributed by atoms with E-state index in [4.69, 9.17) is 0 Å². The molecule has 2 rings (SSSR count). The molecule has 37 heavy (non-hydrogen) atoms. The van der Waals surface area contributed by atoms with E-state index in [0.29, 0.717) is 12.6 Å². The van der Waals surface area contributed by atoms with Crippen molar-refractivity contribution in [2.75, 3.05) is 19.6 Å². The summed E-state index contributed by atoms with van der Waals surface area (Å²) in [5.74, 6) is -1.88. The molecule has 0 aliphatic rings. The molecule has 0 saturated heterocycles. The van der Waals surface area contributed by atoms with Crippen LogP contribution in [-0.4, -0.2) is 48.9 Å². The molecule has 0 aliphatic heterocycles. The number of benzene rings is 2. The van der Waals surface area contributed by atoms with Crippen LogP contribution in [0.2, 0.25) is 0 Å². The molecule has 3 amide bonds. The summed E-state index contributed by atoms with van der Waals surface area (Å²) in [6, 6.07) is 9.19. The number of halogens is 3. The fraction of sp³-hybridized carbons (Fsp3) is 0.444. The van der Waals surface area contributed by atoms with Gasteiger partial charge in [-0.05, 0) is 76.9 Å². The third-order valence-corrected chi connectivity index (χ3v) is 5.43. The van der Waals surface area contributed by atoms with Gasteiger partial charge in [0.1, 0.15) is 6.04 Å². The van der Waals surface area contributed by atoms with Crippen LogP contribution in [0.5, 0.6) is 0 Å². The van der Waals surface area contributed by atoms with Crippen LogP contribution in [-0.2, 0) is 22.2 Å². The van der Waals surface area contributed by atoms with Gasteiger partial charge in [0, 0.05) is 17.6 Å². The maximum atomic E-state index is 12.9. The Morgan fingerprint density at radius 2 is 1.68 bits per heavy atom. The topological polar surface area (TPSA) is 99.3 Å². The maximum absolute atomic E-state index is 12.9. The van der Waals surface area contributed by atoms with Gasteiger partial charge in [-0.2, -0.15) is 13.2 Å². The number of amides is 3. The molecule has 0 radical (unpaired) electrons. The molecule has 2 aromatic rings. The smallest absolute Gasteiger partial charge is 0.350 e. The largest absolute Gasteiger partial charge is 0.416 e. The van der Waals surface area contributed by atoms with Crippen LogP contribution < -0.4 is 21.3 Å². The minimum atomic E-state index is -4.59. The lowest BCUT2D eigenvalue weighted by atomic mass is 10.0. The van der Waals surface area contributed by atoms with Crippen molar-refractivity contribution in [3.63, 3.8) is 0 Å². The van der Waals surface area contributed by atoms with Gasteiger partial charge in [0.25, 0.3) is 5.91 Å². The molecule has 0 aliphatic carbocycles. The fourth-order valence-electron chi connectivity index (χ4n) is 3.61. The Morgan fingerprint density at radius 1 is 0.973 bits per heavy atom. The molecular formula is C27H35F3N4O3. The second-order valence-electron chi connectivity index (χ2n) is 10.0. The average Bonchev–Trinajstić information content (AvgIpc) is 2.79. The molecule has 0 bridgehead atoms. The molecule has 0 fully saturated rings. The molecule has 7 nitrogen and oxygen atoms in total. The molecule has 2 aromatic carbocycles. The minimum absolute atomic E-state index is 0.153. The first-order valence-corrected chi connectivity index (χ1v) is 12.0. The van der Waals surface area contributed by atoms with Gasteiger partial charge >= 0.3 is 6.18 Å². The Kier molecular flexibility index (Phi) is 10.2. The summed E-state index contributed by atoms with van der Waals surface area (Å²) < 4.78 is 38.7. The highest BCUT2D eigenvalue weighted by atomic mass is 19.4. The summed E-state index contributed by atoms with van der Waals surface area (Å²) in [7, 11) is 0. The summed E-state index contributed by atoms with van der Waals surface area (Å²) in [5.41, 5.74) is 1.81. The normalized spacial score (nSPS) is 12.5. The van der Waals surface area contributed by atoms with Crippen molar-refractivity contribution in [2.24, 2.45) is 0 Å². The van der Waals surface area contributed by atoms with Gasteiger partial charge in [-0.1, -0.05) is 29.8 Å². The van der Waals surface area contributed by atoms with Crippen molar-refractivity contribution >= 4 is 17.7 Å². The third kappa shape index (κ3) is 10.2. The monoisotopic (exact) mass is 520 g/mol. The second-order valence-corrected chi connectivity index (χ2v) is 10.0. The zero-order chi connectivity index (χ0) is 27.8. The number of nitrogens with one attached hydrogen (secondary N) is 4. The van der Waals surface area contributed by atoms with Crippen LogP contribution in [0.4, 0.5) is 13.2 Å². The van der Waals surface area contributed by atoms with Crippen molar-refractivity contribution in [2.45, 2.75) is 58.8 Å². The zero-order valence-corrected chi connectivity index (χ0v) is 21.8. The zero-order valence-electron chi connectivity index (χ0n) is 21.8. The van der Waals surface area contributed by atoms with Crippen molar-refractivity contribution in [1.82, 2.24) is 21.3 Å². The molecule has 0 saturated carbocycles. The Morgan fingerprint density at radius 3 is 2.30 bits per heavy atom. The van der Waals surface area contributed by atoms with Gasteiger partial charge in [-0.15, -0.1) is 0 Å². The SMILES string of the molecule is Cc1ccc(CCNC[C@@H](NC(=O)CNC(=O)c2cccc(C(F)(F)F)c2)C(=O)NC(C)(C)C)c(C)c1. The van der Waals surface area contributed by atoms with E-state index in [1.165, 1.54) is 22.8 Å². The number of hydrogen-bond donors (Lipinski definition) is 4. The van der Waals surface area contributed by atoms with Gasteiger partial charge in [-0.25, -0.2) is 0 Å². The molecule has 10 heteroatoms. The van der Waals surface area contributed by atoms with Crippen LogP contribution >= 0.6 is 0 Å². The predicted molar refractivity (Wildman–Crippen MR) is 136 cm³/mol. The maximum Gasteiger partial charge on any atom is 0.416 e. The van der Waals surface area contributed by atoms with Crippen molar-refractivity contribution in [1.29, 1.82) is 0 Å². The number of alkyl halides is 3. The van der Waals surface area contributed by atoms with E-state index in [-0.39, 0.29) is 12.1 Å².